The van der Waals surface area contributed by atoms with Crippen LogP contribution in [-0.2, 0) is 16.3 Å². The van der Waals surface area contributed by atoms with Gasteiger partial charge in [-0.1, -0.05) is 17.7 Å². The van der Waals surface area contributed by atoms with Gasteiger partial charge in [0, 0.05) is 0 Å². The molecular weight excluding hydrogens is 282 g/mol. The van der Waals surface area contributed by atoms with Crippen LogP contribution in [-0.4, -0.2) is 26.8 Å². The molecule has 2 aliphatic rings. The van der Waals surface area contributed by atoms with E-state index in [0.717, 1.165) is 37.9 Å². The molecule has 2 fully saturated rings. The van der Waals surface area contributed by atoms with Gasteiger partial charge in [-0.3, -0.25) is 0 Å². The minimum Gasteiger partial charge on any atom is -0.316 e. The number of nitrogens with one attached hydrogen (secondary N) is 1. The molecule has 104 valence electrons. The highest BCUT2D eigenvalue weighted by Gasteiger charge is 2.38. The smallest absolute Gasteiger partial charge is 0.182 e. The van der Waals surface area contributed by atoms with Crippen molar-refractivity contribution in [1.29, 1.82) is 0 Å². The van der Waals surface area contributed by atoms with Gasteiger partial charge in [0.15, 0.2) is 9.84 Å². The summed E-state index contributed by atoms with van der Waals surface area (Å²) < 4.78 is 24.4. The van der Waals surface area contributed by atoms with Crippen molar-refractivity contribution in [2.45, 2.75) is 35.8 Å². The summed E-state index contributed by atoms with van der Waals surface area (Å²) in [6, 6.07) is 5.43. The molecule has 5 heteroatoms. The Labute approximate surface area is 119 Å². The Morgan fingerprint density at radius 3 is 2.63 bits per heavy atom. The van der Waals surface area contributed by atoms with Crippen LogP contribution in [0.2, 0.25) is 5.02 Å². The molecule has 0 aromatic heterocycles. The average Bonchev–Trinajstić information content (AvgIpc) is 3.10. The standard InChI is InChI=1S/C14H18ClNO2S/c15-13-8-10(7-11-5-6-16-9-11)1-4-14(13)19(17,18)12-2-3-12/h1,4,8,11-12,16H,2-3,5-7,9H2. The van der Waals surface area contributed by atoms with E-state index >= 15 is 0 Å². The summed E-state index contributed by atoms with van der Waals surface area (Å²) in [5, 5.41) is 3.52. The second kappa shape index (κ2) is 5.08. The highest BCUT2D eigenvalue weighted by molar-refractivity contribution is 7.92. The molecule has 1 unspecified atom stereocenters. The highest BCUT2D eigenvalue weighted by atomic mass is 35.5. The van der Waals surface area contributed by atoms with Crippen LogP contribution in [0.15, 0.2) is 23.1 Å². The van der Waals surface area contributed by atoms with Crippen molar-refractivity contribution >= 4 is 21.4 Å². The first-order valence-corrected chi connectivity index (χ1v) is 8.73. The molecule has 1 aliphatic heterocycles. The molecular formula is C14H18ClNO2S. The van der Waals surface area contributed by atoms with E-state index in [-0.39, 0.29) is 5.25 Å². The Hall–Kier alpha value is -0.580. The van der Waals surface area contributed by atoms with E-state index in [1.807, 2.05) is 12.1 Å². The zero-order chi connectivity index (χ0) is 13.5. The molecule has 1 N–H and O–H groups in total. The Bertz CT molecular complexity index is 575. The molecule has 1 saturated heterocycles. The third-order valence-corrected chi connectivity index (χ3v) is 6.70. The Morgan fingerprint density at radius 2 is 2.05 bits per heavy atom. The monoisotopic (exact) mass is 299 g/mol. The van der Waals surface area contributed by atoms with Gasteiger partial charge in [0.2, 0.25) is 0 Å². The van der Waals surface area contributed by atoms with Gasteiger partial charge in [-0.05, 0) is 62.4 Å². The molecule has 1 aromatic rings. The Kier molecular flexibility index (Phi) is 3.58. The second-order valence-electron chi connectivity index (χ2n) is 5.57. The maximum absolute atomic E-state index is 12.2. The van der Waals surface area contributed by atoms with E-state index < -0.39 is 9.84 Å². The fraction of sp³-hybridized carbons (Fsp3) is 0.571. The van der Waals surface area contributed by atoms with Gasteiger partial charge in [-0.25, -0.2) is 8.42 Å². The summed E-state index contributed by atoms with van der Waals surface area (Å²) in [4.78, 5) is 0.310. The first-order valence-electron chi connectivity index (χ1n) is 6.80. The van der Waals surface area contributed by atoms with Crippen LogP contribution >= 0.6 is 11.6 Å². The van der Waals surface area contributed by atoms with Crippen molar-refractivity contribution in [1.82, 2.24) is 5.32 Å². The van der Waals surface area contributed by atoms with Gasteiger partial charge in [-0.15, -0.1) is 0 Å². The number of halogens is 1. The van der Waals surface area contributed by atoms with E-state index in [1.54, 1.807) is 6.07 Å². The summed E-state index contributed by atoms with van der Waals surface area (Å²) in [6.45, 7) is 2.12. The van der Waals surface area contributed by atoms with E-state index in [2.05, 4.69) is 5.32 Å². The van der Waals surface area contributed by atoms with E-state index in [4.69, 9.17) is 11.6 Å². The predicted molar refractivity (Wildman–Crippen MR) is 76.3 cm³/mol. The van der Waals surface area contributed by atoms with Crippen LogP contribution in [0, 0.1) is 5.92 Å². The van der Waals surface area contributed by atoms with Crippen LogP contribution in [0.4, 0.5) is 0 Å². The van der Waals surface area contributed by atoms with Crippen LogP contribution in [0.5, 0.6) is 0 Å². The second-order valence-corrected chi connectivity index (χ2v) is 8.18. The van der Waals surface area contributed by atoms with Crippen LogP contribution in [0.25, 0.3) is 0 Å². The van der Waals surface area contributed by atoms with Gasteiger partial charge in [0.05, 0.1) is 15.2 Å². The lowest BCUT2D eigenvalue weighted by atomic mass is 9.99. The maximum atomic E-state index is 12.2. The molecule has 1 atom stereocenters. The van der Waals surface area contributed by atoms with Crippen molar-refractivity contribution in [3.8, 4) is 0 Å². The topological polar surface area (TPSA) is 46.2 Å². The van der Waals surface area contributed by atoms with Crippen LogP contribution in [0.1, 0.15) is 24.8 Å². The van der Waals surface area contributed by atoms with Gasteiger partial charge in [0.1, 0.15) is 0 Å². The van der Waals surface area contributed by atoms with Crippen LogP contribution < -0.4 is 5.32 Å². The highest BCUT2D eigenvalue weighted by Crippen LogP contribution is 2.36. The van der Waals surface area contributed by atoms with E-state index in [9.17, 15) is 8.42 Å². The lowest BCUT2D eigenvalue weighted by molar-refractivity contribution is 0.579. The van der Waals surface area contributed by atoms with Crippen molar-refractivity contribution < 1.29 is 8.42 Å². The summed E-state index contributed by atoms with van der Waals surface area (Å²) >= 11 is 6.18. The molecule has 0 amide bonds. The molecule has 1 heterocycles. The van der Waals surface area contributed by atoms with E-state index in [0.29, 0.717) is 15.8 Å². The number of rotatable bonds is 4. The lowest BCUT2D eigenvalue weighted by Crippen LogP contribution is -2.11. The number of sulfone groups is 1. The first-order chi connectivity index (χ1) is 9.07. The zero-order valence-electron chi connectivity index (χ0n) is 10.7. The van der Waals surface area contributed by atoms with Crippen LogP contribution in [0.3, 0.4) is 0 Å². The third kappa shape index (κ3) is 2.81. The largest absolute Gasteiger partial charge is 0.316 e. The number of benzene rings is 1. The molecule has 1 aliphatic carbocycles. The molecule has 3 nitrogen and oxygen atoms in total. The third-order valence-electron chi connectivity index (χ3n) is 3.95. The SMILES string of the molecule is O=S(=O)(c1ccc(CC2CCNC2)cc1Cl)C1CC1. The minimum atomic E-state index is -3.18. The first kappa shape index (κ1) is 13.4. The van der Waals surface area contributed by atoms with Crippen molar-refractivity contribution in [3.63, 3.8) is 0 Å². The normalized spacial score (nSPS) is 23.7. The van der Waals surface area contributed by atoms with Gasteiger partial charge < -0.3 is 5.32 Å². The summed E-state index contributed by atoms with van der Waals surface area (Å²) in [7, 11) is -3.18. The Morgan fingerprint density at radius 1 is 1.26 bits per heavy atom. The average molecular weight is 300 g/mol. The minimum absolute atomic E-state index is 0.199. The summed E-state index contributed by atoms with van der Waals surface area (Å²) in [5.41, 5.74) is 1.13. The van der Waals surface area contributed by atoms with Crippen molar-refractivity contribution in [2.75, 3.05) is 13.1 Å². The molecule has 0 radical (unpaired) electrons. The molecule has 19 heavy (non-hydrogen) atoms. The molecule has 0 bridgehead atoms. The fourth-order valence-corrected chi connectivity index (χ4v) is 4.91. The summed E-state index contributed by atoms with van der Waals surface area (Å²) in [5.74, 6) is 0.641. The molecule has 1 saturated carbocycles. The predicted octanol–water partition coefficient (Wildman–Crippen LogP) is 2.43. The molecule has 1 aromatic carbocycles. The number of hydrogen-bond donors (Lipinski definition) is 1. The fourth-order valence-electron chi connectivity index (χ4n) is 2.68. The quantitative estimate of drug-likeness (QED) is 0.929. The zero-order valence-corrected chi connectivity index (χ0v) is 12.3. The van der Waals surface area contributed by atoms with Gasteiger partial charge >= 0.3 is 0 Å². The molecule has 3 rings (SSSR count). The maximum Gasteiger partial charge on any atom is 0.182 e. The number of hydrogen-bond acceptors (Lipinski definition) is 3. The van der Waals surface area contributed by atoms with Gasteiger partial charge in [0.25, 0.3) is 0 Å². The summed E-state index contributed by atoms with van der Waals surface area (Å²) in [6.07, 6.45) is 3.69. The van der Waals surface area contributed by atoms with E-state index in [1.165, 1.54) is 6.42 Å². The van der Waals surface area contributed by atoms with Crippen molar-refractivity contribution in [3.05, 3.63) is 28.8 Å². The van der Waals surface area contributed by atoms with Crippen molar-refractivity contribution in [2.24, 2.45) is 5.92 Å². The lowest BCUT2D eigenvalue weighted by Gasteiger charge is -2.11. The molecule has 0 spiro atoms. The van der Waals surface area contributed by atoms with Gasteiger partial charge in [-0.2, -0.15) is 0 Å². The Balaban J connectivity index is 1.81.